The van der Waals surface area contributed by atoms with Crippen LogP contribution in [0, 0.1) is 17.8 Å². The molecule has 4 aliphatic carbocycles. The van der Waals surface area contributed by atoms with Gasteiger partial charge in [-0.1, -0.05) is 55.3 Å². The number of ether oxygens (including phenoxy) is 3. The van der Waals surface area contributed by atoms with Gasteiger partial charge in [-0.25, -0.2) is 18.2 Å². The summed E-state index contributed by atoms with van der Waals surface area (Å²) in [6.07, 6.45) is 8.35. The normalized spacial score (nSPS) is 28.5. The van der Waals surface area contributed by atoms with Gasteiger partial charge in [0.2, 0.25) is 27.7 Å². The number of sulfonamides is 1. The number of hydrogen-bond acceptors (Lipinski definition) is 11. The number of fused-ring (bicyclic) bond motifs is 6. The summed E-state index contributed by atoms with van der Waals surface area (Å²) in [5.41, 5.74) is 2.08. The molecule has 3 heterocycles. The van der Waals surface area contributed by atoms with E-state index in [1.807, 2.05) is 62.6 Å². The lowest BCUT2D eigenvalue weighted by atomic mass is 9.66. The predicted molar refractivity (Wildman–Crippen MR) is 248 cm³/mol. The molecule has 7 atom stereocenters. The SMILES string of the molecule is C=C[C@@H]1CC[C@]1(NC(=O)[C@@H]1C[C@@H]2CN1C(=O)[C@H](C1Cc3ccccc3C1)NC(=O)O[C@@H]1C[C@H]1CCCCCc1c(nc3ccccc3c1OCCCN(C)C)O2)C(=O)NS(=O)(=O)C1(C)CC1. The number of amides is 4. The molecule has 3 saturated carbocycles. The van der Waals surface area contributed by atoms with Gasteiger partial charge in [-0.15, -0.1) is 6.58 Å². The van der Waals surface area contributed by atoms with Crippen LogP contribution in [0.5, 0.6) is 11.6 Å². The Morgan fingerprint density at radius 2 is 1.73 bits per heavy atom. The zero-order valence-electron chi connectivity index (χ0n) is 38.4. The molecule has 2 aliphatic heterocycles. The third-order valence-electron chi connectivity index (χ3n) is 15.1. The Hall–Kier alpha value is -5.22. The fourth-order valence-electron chi connectivity index (χ4n) is 10.5. The van der Waals surface area contributed by atoms with Crippen LogP contribution in [-0.2, 0) is 48.4 Å². The summed E-state index contributed by atoms with van der Waals surface area (Å²) in [6.45, 7) is 6.82. The number of para-hydroxylation sites is 1. The van der Waals surface area contributed by atoms with E-state index >= 15 is 9.59 Å². The first-order chi connectivity index (χ1) is 31.7. The van der Waals surface area contributed by atoms with Crippen molar-refractivity contribution < 1.29 is 41.8 Å². The summed E-state index contributed by atoms with van der Waals surface area (Å²) in [4.78, 5) is 66.9. The van der Waals surface area contributed by atoms with Gasteiger partial charge < -0.3 is 34.6 Å². The molecule has 4 fully saturated rings. The van der Waals surface area contributed by atoms with Gasteiger partial charge in [0.15, 0.2) is 0 Å². The topological polar surface area (TPSA) is 186 Å². The maximum atomic E-state index is 15.4. The molecule has 4 amide bonds. The molecule has 15 nitrogen and oxygen atoms in total. The van der Waals surface area contributed by atoms with E-state index in [4.69, 9.17) is 19.2 Å². The second-order valence-corrected chi connectivity index (χ2v) is 22.2. The van der Waals surface area contributed by atoms with Gasteiger partial charge in [-0.05, 0) is 127 Å². The summed E-state index contributed by atoms with van der Waals surface area (Å²) in [6, 6.07) is 13.6. The van der Waals surface area contributed by atoms with E-state index in [2.05, 4.69) is 26.8 Å². The number of carbonyl (C=O) groups is 4. The van der Waals surface area contributed by atoms with Crippen molar-refractivity contribution >= 4 is 44.7 Å². The molecule has 1 saturated heterocycles. The molecule has 0 radical (unpaired) electrons. The minimum absolute atomic E-state index is 0.0295. The maximum absolute atomic E-state index is 15.4. The van der Waals surface area contributed by atoms with Gasteiger partial charge in [0.05, 0.1) is 29.0 Å². The lowest BCUT2D eigenvalue weighted by molar-refractivity contribution is -0.145. The number of nitrogens with one attached hydrogen (secondary N) is 3. The van der Waals surface area contributed by atoms with Gasteiger partial charge in [-0.2, -0.15) is 0 Å². The molecule has 16 heteroatoms. The van der Waals surface area contributed by atoms with Crippen molar-refractivity contribution in [1.82, 2.24) is 30.1 Å². The lowest BCUT2D eigenvalue weighted by Gasteiger charge is -2.47. The minimum atomic E-state index is -4.04. The van der Waals surface area contributed by atoms with Crippen LogP contribution in [0.3, 0.4) is 0 Å². The third-order valence-corrected chi connectivity index (χ3v) is 17.2. The third kappa shape index (κ3) is 9.23. The molecule has 6 aliphatic rings. The van der Waals surface area contributed by atoms with Crippen molar-refractivity contribution in [2.75, 3.05) is 33.8 Å². The van der Waals surface area contributed by atoms with Crippen LogP contribution in [0.1, 0.15) is 94.2 Å². The van der Waals surface area contributed by atoms with Crippen LogP contribution >= 0.6 is 0 Å². The lowest BCUT2D eigenvalue weighted by Crippen LogP contribution is -2.70. The Kier molecular flexibility index (Phi) is 12.8. The van der Waals surface area contributed by atoms with E-state index in [0.29, 0.717) is 62.3 Å². The minimum Gasteiger partial charge on any atom is -0.492 e. The highest BCUT2D eigenvalue weighted by Gasteiger charge is 2.58. The quantitative estimate of drug-likeness (QED) is 0.157. The Bertz CT molecular complexity index is 2470. The second kappa shape index (κ2) is 18.5. The number of alkyl carbamates (subject to hydrolysis) is 1. The summed E-state index contributed by atoms with van der Waals surface area (Å²) in [5, 5.41) is 6.81. The summed E-state index contributed by atoms with van der Waals surface area (Å²) >= 11 is 0. The number of carbonyl (C=O) groups excluding carboxylic acids is 4. The smallest absolute Gasteiger partial charge is 0.408 e. The standard InChI is InChI=1S/C50H64N6O9S/c1-5-35-20-21-50(35,47(59)54-66(61,62)49(2)22-23-49)53-44(57)40-29-36-30-56(40)46(58)42(34-26-31-14-9-10-15-32(31)27-34)52-48(60)65-41-28-33(41)16-7-6-8-18-38-43(63-25-13-24-55(3)4)37-17-11-12-19-39(37)51-45(38)64-36/h5,9-12,14-15,17,19,33-36,40-42H,1,6-8,13,16,18,20-30H2,2-4H3,(H,52,60)(H,53,57)(H,54,59)/t33-,35-,36-,40+,41-,42+,50-/m1/s1. The van der Waals surface area contributed by atoms with E-state index in [0.717, 1.165) is 67.1 Å². The molecule has 2 aromatic carbocycles. The van der Waals surface area contributed by atoms with Crippen LogP contribution in [-0.4, -0.2) is 115 Å². The number of nitrogens with zero attached hydrogens (tertiary/aromatic N) is 3. The monoisotopic (exact) mass is 924 g/mol. The number of aromatic nitrogens is 1. The van der Waals surface area contributed by atoms with Gasteiger partial charge in [-0.3, -0.25) is 19.1 Å². The zero-order valence-corrected chi connectivity index (χ0v) is 39.2. The summed E-state index contributed by atoms with van der Waals surface area (Å²) < 4.78 is 47.5. The molecular weight excluding hydrogens is 861 g/mol. The second-order valence-electron chi connectivity index (χ2n) is 20.1. The fraction of sp³-hybridized carbons (Fsp3) is 0.580. The van der Waals surface area contributed by atoms with E-state index < -0.39 is 68.2 Å². The number of pyridine rings is 1. The molecule has 3 N–H and O–H groups in total. The highest BCUT2D eigenvalue weighted by atomic mass is 32.2. The number of benzene rings is 2. The van der Waals surface area contributed by atoms with E-state index in [1.165, 1.54) is 4.90 Å². The highest BCUT2D eigenvalue weighted by Crippen LogP contribution is 2.45. The Morgan fingerprint density at radius 1 is 0.985 bits per heavy atom. The zero-order chi connectivity index (χ0) is 46.4. The number of rotatable bonds is 12. The first-order valence-corrected chi connectivity index (χ1v) is 25.4. The molecular formula is C50H64N6O9S. The summed E-state index contributed by atoms with van der Waals surface area (Å²) in [7, 11) is 0.0193. The van der Waals surface area contributed by atoms with Gasteiger partial charge in [0.1, 0.15) is 35.6 Å². The van der Waals surface area contributed by atoms with Crippen LogP contribution in [0.15, 0.2) is 61.2 Å². The largest absolute Gasteiger partial charge is 0.492 e. The fourth-order valence-corrected chi connectivity index (χ4v) is 11.8. The predicted octanol–water partition coefficient (Wildman–Crippen LogP) is 5.38. The van der Waals surface area contributed by atoms with Crippen LogP contribution < -0.4 is 24.8 Å². The van der Waals surface area contributed by atoms with Crippen molar-refractivity contribution in [3.8, 4) is 11.6 Å². The van der Waals surface area contributed by atoms with Gasteiger partial charge in [0, 0.05) is 24.3 Å². The molecule has 2 bridgehead atoms. The van der Waals surface area contributed by atoms with Gasteiger partial charge in [0.25, 0.3) is 5.91 Å². The Morgan fingerprint density at radius 3 is 2.42 bits per heavy atom. The van der Waals surface area contributed by atoms with E-state index in [1.54, 1.807) is 13.0 Å². The first-order valence-electron chi connectivity index (χ1n) is 23.9. The van der Waals surface area contributed by atoms with Gasteiger partial charge >= 0.3 is 6.09 Å². The molecule has 9 rings (SSSR count). The maximum Gasteiger partial charge on any atom is 0.408 e. The van der Waals surface area contributed by atoms with Crippen LogP contribution in [0.4, 0.5) is 4.79 Å². The van der Waals surface area contributed by atoms with Crippen molar-refractivity contribution in [2.24, 2.45) is 17.8 Å². The molecule has 354 valence electrons. The van der Waals surface area contributed by atoms with E-state index in [9.17, 15) is 18.0 Å². The van der Waals surface area contributed by atoms with Crippen molar-refractivity contribution in [2.45, 2.75) is 131 Å². The molecule has 3 aromatic rings. The van der Waals surface area contributed by atoms with E-state index in [-0.39, 0.29) is 37.3 Å². The Labute approximate surface area is 387 Å². The average molecular weight is 925 g/mol. The Balaban J connectivity index is 1.08. The molecule has 1 aromatic heterocycles. The average Bonchev–Trinajstić information content (AvgIpc) is 4.11. The first kappa shape index (κ1) is 45.9. The summed E-state index contributed by atoms with van der Waals surface area (Å²) in [5.74, 6) is -1.50. The highest BCUT2D eigenvalue weighted by molar-refractivity contribution is 7.91. The van der Waals surface area contributed by atoms with Crippen molar-refractivity contribution in [1.29, 1.82) is 0 Å². The number of hydrogen-bond donors (Lipinski definition) is 3. The molecule has 66 heavy (non-hydrogen) atoms. The molecule has 0 spiro atoms. The van der Waals surface area contributed by atoms with Crippen LogP contribution in [0.2, 0.25) is 0 Å². The van der Waals surface area contributed by atoms with Crippen molar-refractivity contribution in [3.63, 3.8) is 0 Å². The molecule has 0 unspecified atom stereocenters. The van der Waals surface area contributed by atoms with Crippen molar-refractivity contribution in [3.05, 3.63) is 77.9 Å². The van der Waals surface area contributed by atoms with Crippen LogP contribution in [0.25, 0.3) is 10.9 Å².